The van der Waals surface area contributed by atoms with Gasteiger partial charge in [0.1, 0.15) is 11.0 Å². The summed E-state index contributed by atoms with van der Waals surface area (Å²) >= 11 is 0. The molecule has 2 heterocycles. The predicted octanol–water partition coefficient (Wildman–Crippen LogP) is 1.49. The average Bonchev–Trinajstić information content (AvgIpc) is 2.91. The largest absolute Gasteiger partial charge is 0.382 e. The lowest BCUT2D eigenvalue weighted by Crippen LogP contribution is -2.32. The van der Waals surface area contributed by atoms with E-state index < -0.39 is 15.4 Å². The number of hydrogen-bond acceptors (Lipinski definition) is 4. The van der Waals surface area contributed by atoms with Crippen LogP contribution >= 0.6 is 0 Å². The van der Waals surface area contributed by atoms with E-state index in [0.29, 0.717) is 12.2 Å². The van der Waals surface area contributed by atoms with Crippen molar-refractivity contribution in [1.29, 1.82) is 0 Å². The number of fused-ring (bicyclic) bond motifs is 2. The molecule has 0 unspecified atom stereocenters. The number of benzene rings is 1. The van der Waals surface area contributed by atoms with Crippen LogP contribution in [0.1, 0.15) is 6.42 Å². The van der Waals surface area contributed by atoms with Crippen molar-refractivity contribution < 1.29 is 17.3 Å². The Morgan fingerprint density at radius 3 is 2.53 bits per heavy atom. The Hall–Kier alpha value is -1.33. The lowest BCUT2D eigenvalue weighted by atomic mass is 10.1. The van der Waals surface area contributed by atoms with Gasteiger partial charge in [0.15, 0.2) is 0 Å². The minimum Gasteiger partial charge on any atom is -0.382 e. The van der Waals surface area contributed by atoms with E-state index in [1.165, 1.54) is 0 Å². The summed E-state index contributed by atoms with van der Waals surface area (Å²) in [7, 11) is -3.62. The first-order valence-corrected chi connectivity index (χ1v) is 6.94. The Morgan fingerprint density at radius 2 is 1.94 bits per heavy atom. The fourth-order valence-corrected chi connectivity index (χ4v) is 3.60. The van der Waals surface area contributed by atoms with Gasteiger partial charge in [-0.05, 0) is 12.1 Å². The molecule has 1 aromatic rings. The molecule has 1 saturated heterocycles. The van der Waals surface area contributed by atoms with Crippen molar-refractivity contribution >= 4 is 10.1 Å². The minimum atomic E-state index is -3.62. The molecule has 0 aliphatic carbocycles. The maximum absolute atomic E-state index is 12.1. The third kappa shape index (κ3) is 1.96. The lowest BCUT2D eigenvalue weighted by molar-refractivity contribution is 0.121. The van der Waals surface area contributed by atoms with Gasteiger partial charge in [0, 0.05) is 6.42 Å². The summed E-state index contributed by atoms with van der Waals surface area (Å²) in [5, 5.41) is -0.585. The quantitative estimate of drug-likeness (QED) is 0.604. The molecular formula is C12H12O4S. The van der Waals surface area contributed by atoms with E-state index in [-0.39, 0.29) is 12.2 Å². The van der Waals surface area contributed by atoms with Crippen LogP contribution in [-0.4, -0.2) is 25.9 Å². The summed E-state index contributed by atoms with van der Waals surface area (Å²) in [5.41, 5.74) is 0. The van der Waals surface area contributed by atoms with Gasteiger partial charge in [-0.15, -0.1) is 0 Å². The number of ether oxygens (including phenoxy) is 1. The second-order valence-electron chi connectivity index (χ2n) is 4.19. The molecule has 0 spiro atoms. The standard InChI is InChI=1S/C12H12O4S/c13-17(14,16-9-4-2-1-3-5-9)12-8-10-6-7-11(12)15-10/h1-7,10-12H,8H2/t10-,11+,12-/m1/s1. The van der Waals surface area contributed by atoms with Crippen molar-refractivity contribution in [2.45, 2.75) is 23.9 Å². The van der Waals surface area contributed by atoms with E-state index in [4.69, 9.17) is 8.92 Å². The van der Waals surface area contributed by atoms with Crippen LogP contribution < -0.4 is 4.18 Å². The molecule has 5 heteroatoms. The zero-order chi connectivity index (χ0) is 11.9. The lowest BCUT2D eigenvalue weighted by Gasteiger charge is -2.16. The van der Waals surface area contributed by atoms with Gasteiger partial charge in [-0.25, -0.2) is 0 Å². The molecule has 3 atom stereocenters. The summed E-state index contributed by atoms with van der Waals surface area (Å²) < 4.78 is 34.6. The summed E-state index contributed by atoms with van der Waals surface area (Å²) in [6.07, 6.45) is 3.76. The minimum absolute atomic E-state index is 0.0702. The summed E-state index contributed by atoms with van der Waals surface area (Å²) in [6.45, 7) is 0. The van der Waals surface area contributed by atoms with Crippen molar-refractivity contribution in [2.75, 3.05) is 0 Å². The molecule has 1 fully saturated rings. The van der Waals surface area contributed by atoms with Crippen LogP contribution in [-0.2, 0) is 14.9 Å². The predicted molar refractivity (Wildman–Crippen MR) is 62.2 cm³/mol. The molecule has 2 bridgehead atoms. The molecule has 1 aromatic carbocycles. The van der Waals surface area contributed by atoms with Crippen LogP contribution in [0.4, 0.5) is 0 Å². The maximum atomic E-state index is 12.1. The molecule has 0 N–H and O–H groups in total. The molecule has 2 aliphatic heterocycles. The second-order valence-corrected chi connectivity index (χ2v) is 5.95. The van der Waals surface area contributed by atoms with Gasteiger partial charge in [0.2, 0.25) is 0 Å². The molecule has 90 valence electrons. The van der Waals surface area contributed by atoms with E-state index in [9.17, 15) is 8.42 Å². The van der Waals surface area contributed by atoms with Gasteiger partial charge >= 0.3 is 10.1 Å². The van der Waals surface area contributed by atoms with Gasteiger partial charge in [0.05, 0.1) is 12.2 Å². The monoisotopic (exact) mass is 252 g/mol. The van der Waals surface area contributed by atoms with E-state index in [1.807, 2.05) is 12.1 Å². The first kappa shape index (κ1) is 10.8. The molecule has 0 aromatic heterocycles. The molecule has 17 heavy (non-hydrogen) atoms. The molecule has 3 rings (SSSR count). The zero-order valence-corrected chi connectivity index (χ0v) is 9.84. The number of para-hydroxylation sites is 1. The van der Waals surface area contributed by atoms with Crippen LogP contribution in [0.15, 0.2) is 42.5 Å². The normalized spacial score (nSPS) is 30.7. The average molecular weight is 252 g/mol. The molecule has 0 amide bonds. The van der Waals surface area contributed by atoms with Crippen molar-refractivity contribution in [3.05, 3.63) is 42.5 Å². The van der Waals surface area contributed by atoms with Crippen molar-refractivity contribution in [3.8, 4) is 5.75 Å². The smallest absolute Gasteiger partial charge is 0.315 e. The summed E-state index contributed by atoms with van der Waals surface area (Å²) in [5.74, 6) is 0.347. The molecule has 2 aliphatic rings. The Balaban J connectivity index is 1.81. The first-order valence-electron chi connectivity index (χ1n) is 5.47. The molecular weight excluding hydrogens is 240 g/mol. The molecule has 0 saturated carbocycles. The summed E-state index contributed by atoms with van der Waals surface area (Å²) in [4.78, 5) is 0. The van der Waals surface area contributed by atoms with E-state index in [1.54, 1.807) is 30.3 Å². The van der Waals surface area contributed by atoms with Gasteiger partial charge in [-0.2, -0.15) is 8.42 Å². The van der Waals surface area contributed by atoms with Crippen molar-refractivity contribution in [1.82, 2.24) is 0 Å². The van der Waals surface area contributed by atoms with E-state index in [0.717, 1.165) is 0 Å². The Bertz CT molecular complexity index is 535. The Labute approximate surface area is 100.0 Å². The summed E-state index contributed by atoms with van der Waals surface area (Å²) in [6, 6.07) is 8.54. The topological polar surface area (TPSA) is 52.6 Å². The van der Waals surface area contributed by atoms with Gasteiger partial charge in [-0.1, -0.05) is 30.4 Å². The fraction of sp³-hybridized carbons (Fsp3) is 0.333. The zero-order valence-electron chi connectivity index (χ0n) is 9.02. The third-order valence-corrected chi connectivity index (χ3v) is 4.63. The van der Waals surface area contributed by atoms with Crippen LogP contribution in [0, 0.1) is 0 Å². The van der Waals surface area contributed by atoms with Gasteiger partial charge in [0.25, 0.3) is 0 Å². The van der Waals surface area contributed by atoms with Crippen LogP contribution in [0.25, 0.3) is 0 Å². The molecule has 0 radical (unpaired) electrons. The first-order chi connectivity index (χ1) is 8.15. The number of rotatable bonds is 3. The van der Waals surface area contributed by atoms with Crippen molar-refractivity contribution in [3.63, 3.8) is 0 Å². The highest BCUT2D eigenvalue weighted by Gasteiger charge is 2.45. The van der Waals surface area contributed by atoms with Crippen molar-refractivity contribution in [2.24, 2.45) is 0 Å². The van der Waals surface area contributed by atoms with Gasteiger partial charge < -0.3 is 8.92 Å². The van der Waals surface area contributed by atoms with E-state index >= 15 is 0 Å². The van der Waals surface area contributed by atoms with Crippen LogP contribution in [0.3, 0.4) is 0 Å². The second kappa shape index (κ2) is 3.85. The SMILES string of the molecule is O=S(=O)(Oc1ccccc1)[C@@H]1C[C@H]2C=C[C@@H]1O2. The Morgan fingerprint density at radius 1 is 1.18 bits per heavy atom. The Kier molecular flexibility index (Phi) is 2.45. The third-order valence-electron chi connectivity index (χ3n) is 3.00. The van der Waals surface area contributed by atoms with Crippen LogP contribution in [0.5, 0.6) is 5.75 Å². The highest BCUT2D eigenvalue weighted by Crippen LogP contribution is 2.34. The highest BCUT2D eigenvalue weighted by atomic mass is 32.2. The molecule has 4 nitrogen and oxygen atoms in total. The highest BCUT2D eigenvalue weighted by molar-refractivity contribution is 7.87. The van der Waals surface area contributed by atoms with Gasteiger partial charge in [-0.3, -0.25) is 0 Å². The van der Waals surface area contributed by atoms with E-state index in [2.05, 4.69) is 0 Å². The fourth-order valence-electron chi connectivity index (χ4n) is 2.19. The van der Waals surface area contributed by atoms with Crippen LogP contribution in [0.2, 0.25) is 0 Å². The number of hydrogen-bond donors (Lipinski definition) is 0. The maximum Gasteiger partial charge on any atom is 0.315 e.